The lowest BCUT2D eigenvalue weighted by atomic mass is 10.1. The number of thiazole rings is 1. The van der Waals surface area contributed by atoms with E-state index in [-0.39, 0.29) is 6.04 Å². The zero-order valence-corrected chi connectivity index (χ0v) is 12.5. The summed E-state index contributed by atoms with van der Waals surface area (Å²) < 4.78 is 5.89. The van der Waals surface area contributed by atoms with Gasteiger partial charge in [-0.15, -0.1) is 11.3 Å². The first-order chi connectivity index (χ1) is 10.4. The molecule has 1 N–H and O–H groups in total. The molecule has 21 heavy (non-hydrogen) atoms. The zero-order chi connectivity index (χ0) is 14.5. The van der Waals surface area contributed by atoms with Crippen molar-refractivity contribution in [1.29, 1.82) is 0 Å². The van der Waals surface area contributed by atoms with Gasteiger partial charge in [-0.2, -0.15) is 0 Å². The number of hydrogen-bond donors (Lipinski definition) is 1. The third-order valence-corrected chi connectivity index (χ3v) is 4.00. The summed E-state index contributed by atoms with van der Waals surface area (Å²) in [5.41, 5.74) is 1.14. The molecule has 0 aliphatic rings. The van der Waals surface area contributed by atoms with E-state index in [4.69, 9.17) is 4.74 Å². The molecule has 1 heterocycles. The minimum Gasteiger partial charge on any atom is -0.457 e. The quantitative estimate of drug-likeness (QED) is 0.764. The molecule has 3 nitrogen and oxygen atoms in total. The first kappa shape index (κ1) is 13.8. The van der Waals surface area contributed by atoms with Gasteiger partial charge in [0.1, 0.15) is 16.5 Å². The van der Waals surface area contributed by atoms with Crippen LogP contribution in [0.1, 0.15) is 16.6 Å². The number of para-hydroxylation sites is 1. The van der Waals surface area contributed by atoms with Crippen molar-refractivity contribution in [2.24, 2.45) is 0 Å². The molecule has 1 atom stereocenters. The van der Waals surface area contributed by atoms with Crippen LogP contribution >= 0.6 is 11.3 Å². The standard InChI is InChI=1S/C17H16N2OS/c1-18-16(17-19-10-11-21-17)13-6-5-9-15(12-13)20-14-7-3-2-4-8-14/h2-12,16,18H,1H3. The van der Waals surface area contributed by atoms with Crippen molar-refractivity contribution in [3.63, 3.8) is 0 Å². The first-order valence-corrected chi connectivity index (χ1v) is 7.64. The molecule has 106 valence electrons. The maximum atomic E-state index is 5.89. The van der Waals surface area contributed by atoms with Crippen LogP contribution in [0.15, 0.2) is 66.2 Å². The molecular weight excluding hydrogens is 280 g/mol. The van der Waals surface area contributed by atoms with Gasteiger partial charge in [-0.25, -0.2) is 4.98 Å². The summed E-state index contributed by atoms with van der Waals surface area (Å²) in [7, 11) is 1.94. The Labute approximate surface area is 128 Å². The first-order valence-electron chi connectivity index (χ1n) is 6.76. The molecule has 0 saturated carbocycles. The predicted octanol–water partition coefficient (Wildman–Crippen LogP) is 4.24. The Morgan fingerprint density at radius 1 is 1.05 bits per heavy atom. The van der Waals surface area contributed by atoms with E-state index in [9.17, 15) is 0 Å². The van der Waals surface area contributed by atoms with Crippen molar-refractivity contribution >= 4 is 11.3 Å². The number of ether oxygens (including phenoxy) is 1. The number of nitrogens with one attached hydrogen (secondary N) is 1. The van der Waals surface area contributed by atoms with E-state index >= 15 is 0 Å². The molecular formula is C17H16N2OS. The van der Waals surface area contributed by atoms with E-state index in [1.54, 1.807) is 11.3 Å². The fourth-order valence-corrected chi connectivity index (χ4v) is 2.96. The number of benzene rings is 2. The Balaban J connectivity index is 1.86. The van der Waals surface area contributed by atoms with E-state index in [0.717, 1.165) is 22.1 Å². The average Bonchev–Trinajstić information content (AvgIpc) is 3.04. The topological polar surface area (TPSA) is 34.1 Å². The van der Waals surface area contributed by atoms with Crippen molar-refractivity contribution in [2.75, 3.05) is 7.05 Å². The highest BCUT2D eigenvalue weighted by Crippen LogP contribution is 2.28. The van der Waals surface area contributed by atoms with E-state index in [1.165, 1.54) is 0 Å². The SMILES string of the molecule is CNC(c1cccc(Oc2ccccc2)c1)c1nccs1. The summed E-state index contributed by atoms with van der Waals surface area (Å²) in [6, 6.07) is 18.0. The normalized spacial score (nSPS) is 12.0. The molecule has 1 aromatic heterocycles. The molecule has 2 aromatic carbocycles. The summed E-state index contributed by atoms with van der Waals surface area (Å²) in [5, 5.41) is 6.34. The summed E-state index contributed by atoms with van der Waals surface area (Å²) in [4.78, 5) is 4.39. The molecule has 0 spiro atoms. The van der Waals surface area contributed by atoms with Gasteiger partial charge in [0, 0.05) is 11.6 Å². The van der Waals surface area contributed by atoms with Crippen molar-refractivity contribution in [1.82, 2.24) is 10.3 Å². The number of aromatic nitrogens is 1. The Morgan fingerprint density at radius 3 is 2.57 bits per heavy atom. The molecule has 0 fully saturated rings. The third kappa shape index (κ3) is 3.29. The van der Waals surface area contributed by atoms with E-state index in [2.05, 4.69) is 22.4 Å². The van der Waals surface area contributed by atoms with Crippen LogP contribution in [-0.2, 0) is 0 Å². The van der Waals surface area contributed by atoms with Gasteiger partial charge in [-0.1, -0.05) is 30.3 Å². The number of nitrogens with zero attached hydrogens (tertiary/aromatic N) is 1. The highest BCUT2D eigenvalue weighted by atomic mass is 32.1. The average molecular weight is 296 g/mol. The molecule has 0 radical (unpaired) electrons. The fraction of sp³-hybridized carbons (Fsp3) is 0.118. The van der Waals surface area contributed by atoms with Gasteiger partial charge in [0.05, 0.1) is 6.04 Å². The second-order valence-corrected chi connectivity index (χ2v) is 5.51. The van der Waals surface area contributed by atoms with Gasteiger partial charge in [0.2, 0.25) is 0 Å². The minimum absolute atomic E-state index is 0.0873. The monoisotopic (exact) mass is 296 g/mol. The molecule has 0 aliphatic carbocycles. The molecule has 0 amide bonds. The summed E-state index contributed by atoms with van der Waals surface area (Å²) in [6.07, 6.45) is 1.83. The Hall–Kier alpha value is -2.17. The molecule has 1 unspecified atom stereocenters. The third-order valence-electron chi connectivity index (χ3n) is 3.16. The Kier molecular flexibility index (Phi) is 4.28. The molecule has 0 bridgehead atoms. The van der Waals surface area contributed by atoms with Crippen molar-refractivity contribution in [3.05, 3.63) is 76.7 Å². The van der Waals surface area contributed by atoms with Crippen LogP contribution < -0.4 is 10.1 Å². The maximum absolute atomic E-state index is 5.89. The van der Waals surface area contributed by atoms with Crippen LogP contribution in [0.4, 0.5) is 0 Å². The number of hydrogen-bond acceptors (Lipinski definition) is 4. The molecule has 4 heteroatoms. The Bertz CT molecular complexity index is 683. The van der Waals surface area contributed by atoms with Gasteiger partial charge in [-0.3, -0.25) is 0 Å². The fourth-order valence-electron chi connectivity index (χ4n) is 2.19. The van der Waals surface area contributed by atoms with Crippen LogP contribution in [0.25, 0.3) is 0 Å². The lowest BCUT2D eigenvalue weighted by Crippen LogP contribution is -2.17. The predicted molar refractivity (Wildman–Crippen MR) is 86.0 cm³/mol. The molecule has 3 rings (SSSR count). The second-order valence-electron chi connectivity index (χ2n) is 4.58. The molecule has 3 aromatic rings. The van der Waals surface area contributed by atoms with Crippen LogP contribution in [0, 0.1) is 0 Å². The van der Waals surface area contributed by atoms with Crippen LogP contribution in [0.2, 0.25) is 0 Å². The van der Waals surface area contributed by atoms with Crippen molar-refractivity contribution in [2.45, 2.75) is 6.04 Å². The minimum atomic E-state index is 0.0873. The summed E-state index contributed by atoms with van der Waals surface area (Å²) in [5.74, 6) is 1.67. The van der Waals surface area contributed by atoms with Crippen molar-refractivity contribution in [3.8, 4) is 11.5 Å². The Morgan fingerprint density at radius 2 is 1.86 bits per heavy atom. The van der Waals surface area contributed by atoms with Gasteiger partial charge in [-0.05, 0) is 36.9 Å². The van der Waals surface area contributed by atoms with Crippen LogP contribution in [-0.4, -0.2) is 12.0 Å². The largest absolute Gasteiger partial charge is 0.457 e. The highest BCUT2D eigenvalue weighted by molar-refractivity contribution is 7.09. The van der Waals surface area contributed by atoms with Crippen LogP contribution in [0.3, 0.4) is 0 Å². The molecule has 0 saturated heterocycles. The zero-order valence-electron chi connectivity index (χ0n) is 11.7. The summed E-state index contributed by atoms with van der Waals surface area (Å²) in [6.45, 7) is 0. The van der Waals surface area contributed by atoms with E-state index in [1.807, 2.05) is 61.1 Å². The second kappa shape index (κ2) is 6.52. The lowest BCUT2D eigenvalue weighted by Gasteiger charge is -2.15. The van der Waals surface area contributed by atoms with Gasteiger partial charge >= 0.3 is 0 Å². The van der Waals surface area contributed by atoms with Gasteiger partial charge in [0.15, 0.2) is 0 Å². The van der Waals surface area contributed by atoms with E-state index < -0.39 is 0 Å². The van der Waals surface area contributed by atoms with Crippen LogP contribution in [0.5, 0.6) is 11.5 Å². The van der Waals surface area contributed by atoms with Gasteiger partial charge < -0.3 is 10.1 Å². The lowest BCUT2D eigenvalue weighted by molar-refractivity contribution is 0.481. The summed E-state index contributed by atoms with van der Waals surface area (Å²) >= 11 is 1.65. The smallest absolute Gasteiger partial charge is 0.127 e. The molecule has 0 aliphatic heterocycles. The maximum Gasteiger partial charge on any atom is 0.127 e. The highest BCUT2D eigenvalue weighted by Gasteiger charge is 2.15. The van der Waals surface area contributed by atoms with Crippen molar-refractivity contribution < 1.29 is 4.74 Å². The van der Waals surface area contributed by atoms with Gasteiger partial charge in [0.25, 0.3) is 0 Å². The number of rotatable bonds is 5. The van der Waals surface area contributed by atoms with E-state index in [0.29, 0.717) is 0 Å².